The Morgan fingerprint density at radius 3 is 2.75 bits per heavy atom. The lowest BCUT2D eigenvalue weighted by atomic mass is 10.1. The smallest absolute Gasteiger partial charge is 0.0537 e. The fourth-order valence-corrected chi connectivity index (χ4v) is 3.73. The quantitative estimate of drug-likeness (QED) is 0.849. The van der Waals surface area contributed by atoms with Crippen LogP contribution in [0.5, 0.6) is 0 Å². The molecule has 0 aliphatic carbocycles. The minimum absolute atomic E-state index is 0.600. The molecule has 2 rings (SSSR count). The summed E-state index contributed by atoms with van der Waals surface area (Å²) in [5, 5.41) is 3.28. The van der Waals surface area contributed by atoms with Crippen LogP contribution in [0.25, 0.3) is 0 Å². The maximum Gasteiger partial charge on any atom is 0.0537 e. The maximum absolute atomic E-state index is 3.28. The van der Waals surface area contributed by atoms with Gasteiger partial charge in [-0.2, -0.15) is 0 Å². The van der Waals surface area contributed by atoms with Crippen molar-refractivity contribution < 1.29 is 0 Å². The monoisotopic (exact) mass is 236 g/mol. The average molecular weight is 236 g/mol. The highest BCUT2D eigenvalue weighted by molar-refractivity contribution is 7.99. The van der Waals surface area contributed by atoms with Crippen LogP contribution in [0.15, 0.2) is 17.0 Å². The molecule has 0 saturated heterocycles. The number of thioether (sulfide) groups is 1. The van der Waals surface area contributed by atoms with Gasteiger partial charge < -0.3 is 10.2 Å². The molecule has 1 aliphatic heterocycles. The second-order valence-corrected chi connectivity index (χ2v) is 5.54. The van der Waals surface area contributed by atoms with Gasteiger partial charge in [-0.05, 0) is 32.0 Å². The van der Waals surface area contributed by atoms with E-state index in [-0.39, 0.29) is 0 Å². The van der Waals surface area contributed by atoms with Crippen LogP contribution in [0.4, 0.5) is 5.69 Å². The minimum Gasteiger partial charge on any atom is -0.368 e. The Labute approximate surface area is 102 Å². The number of anilines is 1. The van der Waals surface area contributed by atoms with E-state index in [0.717, 1.165) is 6.54 Å². The van der Waals surface area contributed by atoms with Crippen molar-refractivity contribution in [3.05, 3.63) is 23.3 Å². The van der Waals surface area contributed by atoms with E-state index in [2.05, 4.69) is 43.2 Å². The standard InChI is InChI=1S/C13H20N2S/c1-9-5-6-10(2)13-12(9)15(4)11(7-14-3)8-16-13/h5-6,11,14H,7-8H2,1-4H3. The van der Waals surface area contributed by atoms with Crippen molar-refractivity contribution in [3.8, 4) is 0 Å². The van der Waals surface area contributed by atoms with E-state index in [9.17, 15) is 0 Å². The molecule has 0 saturated carbocycles. The highest BCUT2D eigenvalue weighted by atomic mass is 32.2. The number of aryl methyl sites for hydroxylation is 2. The van der Waals surface area contributed by atoms with Crippen LogP contribution in [0.3, 0.4) is 0 Å². The Morgan fingerprint density at radius 1 is 1.38 bits per heavy atom. The van der Waals surface area contributed by atoms with Crippen LogP contribution in [0.2, 0.25) is 0 Å². The fourth-order valence-electron chi connectivity index (χ4n) is 2.30. The lowest BCUT2D eigenvalue weighted by molar-refractivity contribution is 0.627. The van der Waals surface area contributed by atoms with Crippen LogP contribution >= 0.6 is 11.8 Å². The number of nitrogens with one attached hydrogen (secondary N) is 1. The van der Waals surface area contributed by atoms with E-state index in [1.165, 1.54) is 27.5 Å². The highest BCUT2D eigenvalue weighted by Crippen LogP contribution is 2.40. The van der Waals surface area contributed by atoms with Crippen LogP contribution in [-0.2, 0) is 0 Å². The molecule has 0 bridgehead atoms. The molecule has 2 nitrogen and oxygen atoms in total. The number of hydrogen-bond donors (Lipinski definition) is 1. The summed E-state index contributed by atoms with van der Waals surface area (Å²) < 4.78 is 0. The Kier molecular flexibility index (Phi) is 3.45. The fraction of sp³-hybridized carbons (Fsp3) is 0.538. The maximum atomic E-state index is 3.28. The predicted octanol–water partition coefficient (Wildman–Crippen LogP) is 2.43. The molecular weight excluding hydrogens is 216 g/mol. The third-order valence-electron chi connectivity index (χ3n) is 3.29. The molecule has 88 valence electrons. The molecule has 1 unspecified atom stereocenters. The topological polar surface area (TPSA) is 15.3 Å². The van der Waals surface area contributed by atoms with Crippen molar-refractivity contribution in [1.82, 2.24) is 5.32 Å². The first-order valence-electron chi connectivity index (χ1n) is 5.75. The summed E-state index contributed by atoms with van der Waals surface area (Å²) in [6.45, 7) is 5.46. The molecule has 1 aromatic rings. The molecule has 1 atom stereocenters. The molecule has 0 amide bonds. The summed E-state index contributed by atoms with van der Waals surface area (Å²) in [6, 6.07) is 5.06. The molecule has 1 N–H and O–H groups in total. The number of likely N-dealkylation sites (N-methyl/N-ethyl adjacent to an activating group) is 2. The Hall–Kier alpha value is -0.670. The molecule has 16 heavy (non-hydrogen) atoms. The first-order valence-corrected chi connectivity index (χ1v) is 6.74. The van der Waals surface area contributed by atoms with E-state index in [0.29, 0.717) is 6.04 Å². The van der Waals surface area contributed by atoms with Gasteiger partial charge in [0.15, 0.2) is 0 Å². The second-order valence-electron chi connectivity index (χ2n) is 4.51. The molecule has 1 aliphatic rings. The first-order chi connectivity index (χ1) is 7.65. The zero-order valence-corrected chi connectivity index (χ0v) is 11.3. The molecule has 1 heterocycles. The molecule has 0 radical (unpaired) electrons. The molecule has 0 fully saturated rings. The normalized spacial score (nSPS) is 19.8. The van der Waals surface area contributed by atoms with Crippen molar-refractivity contribution in [2.75, 3.05) is 31.3 Å². The summed E-state index contributed by atoms with van der Waals surface area (Å²) in [7, 11) is 4.24. The van der Waals surface area contributed by atoms with Gasteiger partial charge in [0, 0.05) is 24.2 Å². The van der Waals surface area contributed by atoms with E-state index >= 15 is 0 Å². The van der Waals surface area contributed by atoms with E-state index in [1.54, 1.807) is 0 Å². The number of benzene rings is 1. The summed E-state index contributed by atoms with van der Waals surface area (Å²) >= 11 is 2.00. The Balaban J connectivity index is 2.40. The van der Waals surface area contributed by atoms with Crippen LogP contribution in [-0.4, -0.2) is 32.4 Å². The predicted molar refractivity (Wildman–Crippen MR) is 72.8 cm³/mol. The Morgan fingerprint density at radius 2 is 2.06 bits per heavy atom. The van der Waals surface area contributed by atoms with Crippen molar-refractivity contribution in [3.63, 3.8) is 0 Å². The van der Waals surface area contributed by atoms with E-state index < -0.39 is 0 Å². The first kappa shape index (κ1) is 11.8. The van der Waals surface area contributed by atoms with Crippen LogP contribution in [0, 0.1) is 13.8 Å². The van der Waals surface area contributed by atoms with Gasteiger partial charge in [-0.25, -0.2) is 0 Å². The SMILES string of the molecule is CNCC1CSc2c(C)ccc(C)c2N1C. The number of fused-ring (bicyclic) bond motifs is 1. The van der Waals surface area contributed by atoms with Crippen LogP contribution < -0.4 is 10.2 Å². The van der Waals surface area contributed by atoms with Gasteiger partial charge in [-0.1, -0.05) is 12.1 Å². The zero-order chi connectivity index (χ0) is 11.7. The largest absolute Gasteiger partial charge is 0.368 e. The van der Waals surface area contributed by atoms with Gasteiger partial charge in [-0.3, -0.25) is 0 Å². The van der Waals surface area contributed by atoms with E-state index in [1.807, 2.05) is 18.8 Å². The summed E-state index contributed by atoms with van der Waals surface area (Å²) in [5.41, 5.74) is 4.22. The molecule has 3 heteroatoms. The van der Waals surface area contributed by atoms with Gasteiger partial charge in [0.25, 0.3) is 0 Å². The lowest BCUT2D eigenvalue weighted by Gasteiger charge is -2.37. The molecule has 0 spiro atoms. The van der Waals surface area contributed by atoms with Gasteiger partial charge in [0.05, 0.1) is 11.7 Å². The van der Waals surface area contributed by atoms with Crippen LogP contribution in [0.1, 0.15) is 11.1 Å². The van der Waals surface area contributed by atoms with Crippen molar-refractivity contribution in [1.29, 1.82) is 0 Å². The Bertz CT molecular complexity index is 390. The molecular formula is C13H20N2S. The van der Waals surface area contributed by atoms with Crippen molar-refractivity contribution >= 4 is 17.4 Å². The average Bonchev–Trinajstić information content (AvgIpc) is 2.27. The zero-order valence-electron chi connectivity index (χ0n) is 10.5. The van der Waals surface area contributed by atoms with Gasteiger partial charge >= 0.3 is 0 Å². The second kappa shape index (κ2) is 4.68. The lowest BCUT2D eigenvalue weighted by Crippen LogP contribution is -2.43. The third-order valence-corrected chi connectivity index (χ3v) is 4.65. The third kappa shape index (κ3) is 1.94. The van der Waals surface area contributed by atoms with Gasteiger partial charge in [-0.15, -0.1) is 11.8 Å². The molecule has 0 aromatic heterocycles. The number of hydrogen-bond acceptors (Lipinski definition) is 3. The number of nitrogens with zero attached hydrogens (tertiary/aromatic N) is 1. The van der Waals surface area contributed by atoms with Gasteiger partial charge in [0.2, 0.25) is 0 Å². The van der Waals surface area contributed by atoms with Crippen molar-refractivity contribution in [2.24, 2.45) is 0 Å². The highest BCUT2D eigenvalue weighted by Gasteiger charge is 2.25. The van der Waals surface area contributed by atoms with Crippen molar-refractivity contribution in [2.45, 2.75) is 24.8 Å². The minimum atomic E-state index is 0.600. The van der Waals surface area contributed by atoms with E-state index in [4.69, 9.17) is 0 Å². The van der Waals surface area contributed by atoms with Gasteiger partial charge in [0.1, 0.15) is 0 Å². The summed E-state index contributed by atoms with van der Waals surface area (Å²) in [5.74, 6) is 1.18. The summed E-state index contributed by atoms with van der Waals surface area (Å²) in [4.78, 5) is 3.90. The number of rotatable bonds is 2. The molecule has 1 aromatic carbocycles. The summed E-state index contributed by atoms with van der Waals surface area (Å²) in [6.07, 6.45) is 0.